The van der Waals surface area contributed by atoms with Gasteiger partial charge >= 0.3 is 18.1 Å². The molecule has 0 aliphatic carbocycles. The predicted octanol–water partition coefficient (Wildman–Crippen LogP) is 2.96. The zero-order valence-corrected chi connectivity index (χ0v) is 27.6. The highest BCUT2D eigenvalue weighted by Gasteiger charge is 2.31. The van der Waals surface area contributed by atoms with Crippen molar-refractivity contribution in [2.75, 3.05) is 51.3 Å². The number of amides is 2. The third kappa shape index (κ3) is 12.5. The van der Waals surface area contributed by atoms with E-state index in [0.717, 1.165) is 0 Å². The lowest BCUT2D eigenvalue weighted by Gasteiger charge is -2.35. The number of aromatic nitrogens is 2. The average molecular weight is 657 g/mol. The lowest BCUT2D eigenvalue weighted by Crippen LogP contribution is -2.55. The van der Waals surface area contributed by atoms with Gasteiger partial charge in [-0.05, 0) is 41.0 Å². The van der Waals surface area contributed by atoms with Gasteiger partial charge in [0.1, 0.15) is 23.2 Å². The van der Waals surface area contributed by atoms with Crippen LogP contribution in [0.4, 0.5) is 10.6 Å². The topological polar surface area (TPSA) is 179 Å². The number of hydrogen-bond acceptors (Lipinski definition) is 13. The van der Waals surface area contributed by atoms with Crippen LogP contribution in [0.15, 0.2) is 36.4 Å². The van der Waals surface area contributed by atoms with E-state index < -0.39 is 35.6 Å². The molecule has 0 radical (unpaired) electrons. The van der Waals surface area contributed by atoms with Gasteiger partial charge in [-0.15, -0.1) is 5.06 Å². The number of benzene rings is 1. The molecule has 1 saturated heterocycles. The van der Waals surface area contributed by atoms with E-state index in [1.54, 1.807) is 46.8 Å². The van der Waals surface area contributed by atoms with Crippen LogP contribution in [0, 0.1) is 0 Å². The Bertz CT molecular complexity index is 1370. The van der Waals surface area contributed by atoms with Crippen LogP contribution >= 0.6 is 0 Å². The lowest BCUT2D eigenvalue weighted by molar-refractivity contribution is -0.158. The van der Waals surface area contributed by atoms with Crippen LogP contribution in [0.2, 0.25) is 0 Å². The molecule has 1 aromatic heterocycles. The van der Waals surface area contributed by atoms with Crippen molar-refractivity contribution in [2.24, 2.45) is 0 Å². The Labute approximate surface area is 274 Å². The maximum absolute atomic E-state index is 13.7. The van der Waals surface area contributed by atoms with Crippen LogP contribution in [-0.2, 0) is 33.4 Å². The molecule has 0 bridgehead atoms. The molecule has 2 amide bonds. The molecule has 0 spiro atoms. The van der Waals surface area contributed by atoms with Crippen LogP contribution in [0.5, 0.6) is 0 Å². The fourth-order valence-corrected chi connectivity index (χ4v) is 4.51. The Morgan fingerprint density at radius 2 is 1.57 bits per heavy atom. The maximum atomic E-state index is 13.7. The summed E-state index contributed by atoms with van der Waals surface area (Å²) >= 11 is 0. The summed E-state index contributed by atoms with van der Waals surface area (Å²) in [4.78, 5) is 79.1. The van der Waals surface area contributed by atoms with Gasteiger partial charge in [0, 0.05) is 37.7 Å². The van der Waals surface area contributed by atoms with Gasteiger partial charge in [0.15, 0.2) is 5.82 Å². The number of hydrogen-bond donors (Lipinski definition) is 2. The highest BCUT2D eigenvalue weighted by atomic mass is 16.8. The maximum Gasteiger partial charge on any atom is 0.527 e. The molecule has 1 aromatic carbocycles. The quantitative estimate of drug-likeness (QED) is 0.224. The van der Waals surface area contributed by atoms with Gasteiger partial charge in [0.05, 0.1) is 32.7 Å². The summed E-state index contributed by atoms with van der Waals surface area (Å²) in [6.45, 7) is 10.1. The van der Waals surface area contributed by atoms with Crippen LogP contribution in [0.3, 0.4) is 0 Å². The van der Waals surface area contributed by atoms with Crippen molar-refractivity contribution in [1.82, 2.24) is 25.2 Å². The standard InChI is InChI=1S/C32H44N6O9/c1-6-44-26(39)15-16-33-25-21-24(34-28(36-25)22-11-9-8-10-12-22)29(41)35-23(13-14-27(40)46-32(3,4)5)30(42)37-17-19-38(20-18-37)47-31(43)45-7-2/h8-12,21,23H,6-7,13-20H2,1-5H3,(H,35,41)(H,33,34,36)/t23-/m0/s1. The summed E-state index contributed by atoms with van der Waals surface area (Å²) in [7, 11) is 0. The molecule has 2 aromatic rings. The molecule has 15 heteroatoms. The van der Waals surface area contributed by atoms with Gasteiger partial charge in [-0.1, -0.05) is 30.3 Å². The zero-order valence-electron chi connectivity index (χ0n) is 27.6. The van der Waals surface area contributed by atoms with E-state index in [2.05, 4.69) is 20.6 Å². The number of nitrogens with one attached hydrogen (secondary N) is 2. The number of esters is 2. The van der Waals surface area contributed by atoms with Crippen molar-refractivity contribution in [1.29, 1.82) is 0 Å². The molecule has 2 heterocycles. The minimum absolute atomic E-state index is 0.0275. The van der Waals surface area contributed by atoms with Crippen molar-refractivity contribution in [3.05, 3.63) is 42.1 Å². The average Bonchev–Trinajstić information content (AvgIpc) is 3.02. The Balaban J connectivity index is 1.80. The van der Waals surface area contributed by atoms with E-state index in [1.165, 1.54) is 16.0 Å². The van der Waals surface area contributed by atoms with Crippen LogP contribution in [0.1, 0.15) is 64.4 Å². The SMILES string of the molecule is CCOC(=O)CCNc1cc(C(=O)N[C@@H](CCC(=O)OC(C)(C)C)C(=O)N2CCN(OC(=O)OCC)CC2)nc(-c2ccccc2)n1. The molecule has 1 aliphatic heterocycles. The molecule has 3 rings (SSSR count). The number of piperazine rings is 1. The van der Waals surface area contributed by atoms with Gasteiger partial charge in [0.25, 0.3) is 5.91 Å². The molecule has 1 atom stereocenters. The Morgan fingerprint density at radius 1 is 0.894 bits per heavy atom. The number of nitrogens with zero attached hydrogens (tertiary/aromatic N) is 4. The Morgan fingerprint density at radius 3 is 2.21 bits per heavy atom. The fraction of sp³-hybridized carbons (Fsp3) is 0.531. The summed E-state index contributed by atoms with van der Waals surface area (Å²) in [5.41, 5.74) is -0.100. The molecule has 1 fully saturated rings. The first-order valence-electron chi connectivity index (χ1n) is 15.6. The van der Waals surface area contributed by atoms with Gasteiger partial charge < -0.3 is 34.6 Å². The molecule has 256 valence electrons. The van der Waals surface area contributed by atoms with Crippen molar-refractivity contribution < 1.29 is 43.0 Å². The Kier molecular flexibility index (Phi) is 13.9. The number of hydroxylamine groups is 2. The molecular formula is C32H44N6O9. The predicted molar refractivity (Wildman–Crippen MR) is 170 cm³/mol. The van der Waals surface area contributed by atoms with Crippen LogP contribution in [0.25, 0.3) is 11.4 Å². The van der Waals surface area contributed by atoms with Gasteiger partial charge in [-0.3, -0.25) is 19.2 Å². The van der Waals surface area contributed by atoms with Gasteiger partial charge in [-0.2, -0.15) is 0 Å². The van der Waals surface area contributed by atoms with Crippen molar-refractivity contribution in [3.63, 3.8) is 0 Å². The molecule has 47 heavy (non-hydrogen) atoms. The highest BCUT2D eigenvalue weighted by Crippen LogP contribution is 2.19. The van der Waals surface area contributed by atoms with Crippen molar-refractivity contribution in [2.45, 2.75) is 65.5 Å². The second-order valence-corrected chi connectivity index (χ2v) is 11.5. The van der Waals surface area contributed by atoms with Crippen molar-refractivity contribution in [3.8, 4) is 11.4 Å². The first-order valence-corrected chi connectivity index (χ1v) is 15.6. The smallest absolute Gasteiger partial charge is 0.466 e. The van der Waals surface area contributed by atoms with Gasteiger partial charge in [0.2, 0.25) is 5.91 Å². The third-order valence-corrected chi connectivity index (χ3v) is 6.61. The molecule has 0 saturated carbocycles. The summed E-state index contributed by atoms with van der Waals surface area (Å²) < 4.78 is 15.2. The largest absolute Gasteiger partial charge is 0.527 e. The highest BCUT2D eigenvalue weighted by molar-refractivity contribution is 5.97. The fourth-order valence-electron chi connectivity index (χ4n) is 4.51. The normalized spacial score (nSPS) is 14.0. The monoisotopic (exact) mass is 656 g/mol. The van der Waals surface area contributed by atoms with Crippen LogP contribution < -0.4 is 10.6 Å². The minimum Gasteiger partial charge on any atom is -0.466 e. The molecule has 2 N–H and O–H groups in total. The van der Waals surface area contributed by atoms with E-state index in [0.29, 0.717) is 11.4 Å². The third-order valence-electron chi connectivity index (χ3n) is 6.61. The number of rotatable bonds is 14. The second-order valence-electron chi connectivity index (χ2n) is 11.5. The van der Waals surface area contributed by atoms with E-state index in [4.69, 9.17) is 19.0 Å². The minimum atomic E-state index is -1.09. The Hall–Kier alpha value is -4.79. The number of anilines is 1. The van der Waals surface area contributed by atoms with Crippen molar-refractivity contribution >= 4 is 35.7 Å². The zero-order chi connectivity index (χ0) is 34.4. The second kappa shape index (κ2) is 17.8. The summed E-state index contributed by atoms with van der Waals surface area (Å²) in [6, 6.07) is 9.36. The molecule has 1 aliphatic rings. The van der Waals surface area contributed by atoms with E-state index in [-0.39, 0.29) is 82.7 Å². The van der Waals surface area contributed by atoms with E-state index >= 15 is 0 Å². The lowest BCUT2D eigenvalue weighted by atomic mass is 10.1. The summed E-state index contributed by atoms with van der Waals surface area (Å²) in [5.74, 6) is -1.42. The summed E-state index contributed by atoms with van der Waals surface area (Å²) in [6.07, 6.45) is -0.900. The number of carbonyl (C=O) groups excluding carboxylic acids is 5. The first-order chi connectivity index (χ1) is 22.4. The van der Waals surface area contributed by atoms with Gasteiger partial charge in [-0.25, -0.2) is 14.8 Å². The number of carbonyl (C=O) groups is 5. The number of ether oxygens (including phenoxy) is 3. The van der Waals surface area contributed by atoms with E-state index in [9.17, 15) is 24.0 Å². The molecule has 15 nitrogen and oxygen atoms in total. The van der Waals surface area contributed by atoms with E-state index in [1.807, 2.05) is 18.2 Å². The summed E-state index contributed by atoms with van der Waals surface area (Å²) in [5, 5.41) is 7.19. The molecule has 0 unspecified atom stereocenters. The molecular weight excluding hydrogens is 612 g/mol. The first kappa shape index (κ1) is 36.7. The van der Waals surface area contributed by atoms with Crippen LogP contribution in [-0.4, -0.2) is 107 Å².